The number of aromatic nitrogens is 5. The van der Waals surface area contributed by atoms with E-state index in [9.17, 15) is 0 Å². The van der Waals surface area contributed by atoms with Gasteiger partial charge in [0, 0.05) is 64.1 Å². The first-order valence-electron chi connectivity index (χ1n) is 20.1. The van der Waals surface area contributed by atoms with Crippen LogP contribution in [0.4, 0.5) is 0 Å². The quantitative estimate of drug-likeness (QED) is 0.160. The van der Waals surface area contributed by atoms with E-state index in [4.69, 9.17) is 33.8 Å². The lowest BCUT2D eigenvalue weighted by atomic mass is 10.0. The zero-order valence-electron chi connectivity index (χ0n) is 33.2. The number of hydrogen-bond acceptors (Lipinski definition) is 8. The van der Waals surface area contributed by atoms with Crippen LogP contribution in [0.5, 0.6) is 0 Å². The molecule has 0 bridgehead atoms. The first-order chi connectivity index (χ1) is 30.1. The molecule has 8 heteroatoms. The second kappa shape index (κ2) is 15.1. The Hall–Kier alpha value is -7.81. The molecule has 0 saturated carbocycles. The van der Waals surface area contributed by atoms with Crippen molar-refractivity contribution in [2.45, 2.75) is 13.8 Å². The molecule has 12 rings (SSSR count). The second-order valence-corrected chi connectivity index (χ2v) is 15.8. The molecule has 12 aromatic rings. The van der Waals surface area contributed by atoms with Crippen LogP contribution < -0.4 is 0 Å². The number of furan rings is 2. The zero-order valence-corrected chi connectivity index (χ0v) is 34.0. The van der Waals surface area contributed by atoms with Gasteiger partial charge in [0.25, 0.3) is 0 Å². The SMILES string of the molecule is C/C=C\C.c1ccc(-c2nc(-c3ccc4c(c3)sc3ccccc34)nc(-c3cccc4oc5cc(-c6nc(-c7ccccc7)nc7c6oc6ccccc67)ccc5c34)n2)cc1. The monoisotopic (exact) mass is 805 g/mol. The third kappa shape index (κ3) is 6.41. The number of benzene rings is 7. The summed E-state index contributed by atoms with van der Waals surface area (Å²) in [7, 11) is 0. The average molecular weight is 806 g/mol. The van der Waals surface area contributed by atoms with Gasteiger partial charge in [-0.2, -0.15) is 0 Å². The van der Waals surface area contributed by atoms with Gasteiger partial charge in [-0.3, -0.25) is 0 Å². The Bertz CT molecular complexity index is 3620. The second-order valence-electron chi connectivity index (χ2n) is 14.7. The molecule has 5 heterocycles. The van der Waals surface area contributed by atoms with Gasteiger partial charge in [0.15, 0.2) is 28.9 Å². The number of thiophene rings is 1. The molecule has 0 saturated heterocycles. The minimum Gasteiger partial charge on any atom is -0.456 e. The zero-order chi connectivity index (χ0) is 40.9. The Labute approximate surface area is 354 Å². The summed E-state index contributed by atoms with van der Waals surface area (Å²) in [5, 5.41) is 5.29. The largest absolute Gasteiger partial charge is 0.456 e. The highest BCUT2D eigenvalue weighted by atomic mass is 32.1. The van der Waals surface area contributed by atoms with E-state index >= 15 is 0 Å². The minimum atomic E-state index is 0.569. The molecule has 5 aromatic heterocycles. The van der Waals surface area contributed by atoms with Crippen molar-refractivity contribution in [1.82, 2.24) is 24.9 Å². The third-order valence-corrected chi connectivity index (χ3v) is 12.0. The van der Waals surface area contributed by atoms with E-state index in [1.54, 1.807) is 11.3 Å². The van der Waals surface area contributed by atoms with Gasteiger partial charge in [0.1, 0.15) is 28.0 Å². The van der Waals surface area contributed by atoms with Crippen LogP contribution in [-0.2, 0) is 0 Å². The van der Waals surface area contributed by atoms with Gasteiger partial charge >= 0.3 is 0 Å². The molecule has 0 atom stereocenters. The molecule has 0 radical (unpaired) electrons. The van der Waals surface area contributed by atoms with E-state index in [2.05, 4.69) is 60.7 Å². The van der Waals surface area contributed by atoms with Crippen molar-refractivity contribution < 1.29 is 8.83 Å². The molecule has 7 nitrogen and oxygen atoms in total. The van der Waals surface area contributed by atoms with Crippen molar-refractivity contribution >= 4 is 75.5 Å². The van der Waals surface area contributed by atoms with Crippen LogP contribution in [0.3, 0.4) is 0 Å². The number of rotatable bonds is 5. The van der Waals surface area contributed by atoms with Crippen LogP contribution in [-0.4, -0.2) is 24.9 Å². The van der Waals surface area contributed by atoms with E-state index in [1.807, 2.05) is 129 Å². The summed E-state index contributed by atoms with van der Waals surface area (Å²) in [6.07, 6.45) is 4.00. The lowest BCUT2D eigenvalue weighted by Gasteiger charge is -2.09. The van der Waals surface area contributed by atoms with Crippen molar-refractivity contribution in [3.05, 3.63) is 176 Å². The molecule has 290 valence electrons. The highest BCUT2D eigenvalue weighted by Crippen LogP contribution is 2.41. The summed E-state index contributed by atoms with van der Waals surface area (Å²) in [5.74, 6) is 2.41. The third-order valence-electron chi connectivity index (χ3n) is 10.9. The van der Waals surface area contributed by atoms with Crippen LogP contribution in [0.1, 0.15) is 13.8 Å². The lowest BCUT2D eigenvalue weighted by molar-refractivity contribution is 0.666. The van der Waals surface area contributed by atoms with Crippen LogP contribution in [0, 0.1) is 0 Å². The number of nitrogens with zero attached hydrogens (tertiary/aromatic N) is 5. The fourth-order valence-electron chi connectivity index (χ4n) is 7.87. The minimum absolute atomic E-state index is 0.569. The van der Waals surface area contributed by atoms with Crippen molar-refractivity contribution in [3.8, 4) is 56.8 Å². The van der Waals surface area contributed by atoms with Gasteiger partial charge in [-0.1, -0.05) is 133 Å². The molecule has 0 unspecified atom stereocenters. The van der Waals surface area contributed by atoms with Crippen LogP contribution >= 0.6 is 11.3 Å². The fourth-order valence-corrected chi connectivity index (χ4v) is 9.01. The number of hydrogen-bond donors (Lipinski definition) is 0. The predicted molar refractivity (Wildman–Crippen MR) is 251 cm³/mol. The molecule has 0 aliphatic heterocycles. The Kier molecular flexibility index (Phi) is 8.98. The summed E-state index contributed by atoms with van der Waals surface area (Å²) in [4.78, 5) is 25.4. The average Bonchev–Trinajstić information content (AvgIpc) is 4.02. The number of para-hydroxylation sites is 1. The summed E-state index contributed by atoms with van der Waals surface area (Å²) in [6, 6.07) is 55.3. The van der Waals surface area contributed by atoms with Gasteiger partial charge in [-0.05, 0) is 56.3 Å². The van der Waals surface area contributed by atoms with Crippen LogP contribution in [0.25, 0.3) is 121 Å². The molecule has 0 aliphatic rings. The Morgan fingerprint density at radius 1 is 0.410 bits per heavy atom. The number of allylic oxidation sites excluding steroid dienone is 2. The molecule has 0 N–H and O–H groups in total. The summed E-state index contributed by atoms with van der Waals surface area (Å²) >= 11 is 1.78. The van der Waals surface area contributed by atoms with Crippen molar-refractivity contribution in [1.29, 1.82) is 0 Å². The molecule has 0 fully saturated rings. The summed E-state index contributed by atoms with van der Waals surface area (Å²) in [6.45, 7) is 4.00. The van der Waals surface area contributed by atoms with Crippen molar-refractivity contribution in [3.63, 3.8) is 0 Å². The lowest BCUT2D eigenvalue weighted by Crippen LogP contribution is -2.00. The van der Waals surface area contributed by atoms with E-state index < -0.39 is 0 Å². The molecular weight excluding hydrogens is 771 g/mol. The maximum absolute atomic E-state index is 6.63. The fraction of sp³-hybridized carbons (Fsp3) is 0.0377. The van der Waals surface area contributed by atoms with Crippen molar-refractivity contribution in [2.24, 2.45) is 0 Å². The topological polar surface area (TPSA) is 90.7 Å². The van der Waals surface area contributed by atoms with E-state index in [0.29, 0.717) is 40.2 Å². The van der Waals surface area contributed by atoms with Gasteiger partial charge < -0.3 is 8.83 Å². The Morgan fingerprint density at radius 2 is 1.02 bits per heavy atom. The molecule has 7 aromatic carbocycles. The van der Waals surface area contributed by atoms with E-state index in [0.717, 1.165) is 60.7 Å². The maximum atomic E-state index is 6.63. The smallest absolute Gasteiger partial charge is 0.180 e. The highest BCUT2D eigenvalue weighted by Gasteiger charge is 2.22. The van der Waals surface area contributed by atoms with Gasteiger partial charge in [-0.25, -0.2) is 24.9 Å². The van der Waals surface area contributed by atoms with Crippen molar-refractivity contribution in [2.75, 3.05) is 0 Å². The Morgan fingerprint density at radius 3 is 1.79 bits per heavy atom. The molecule has 0 spiro atoms. The summed E-state index contributed by atoms with van der Waals surface area (Å²) in [5.41, 5.74) is 8.80. The maximum Gasteiger partial charge on any atom is 0.180 e. The van der Waals surface area contributed by atoms with Crippen LogP contribution in [0.2, 0.25) is 0 Å². The van der Waals surface area contributed by atoms with E-state index in [1.165, 1.54) is 20.2 Å². The number of fused-ring (bicyclic) bond motifs is 9. The van der Waals surface area contributed by atoms with Crippen LogP contribution in [0.15, 0.2) is 185 Å². The molecule has 61 heavy (non-hydrogen) atoms. The molecule has 0 aliphatic carbocycles. The highest BCUT2D eigenvalue weighted by molar-refractivity contribution is 7.25. The van der Waals surface area contributed by atoms with Gasteiger partial charge in [-0.15, -0.1) is 11.3 Å². The first-order valence-corrected chi connectivity index (χ1v) is 21.0. The standard InChI is InChI=1S/C49H27N5O2S.C4H8/c1-3-12-28(13-4-1)46-50-43(45-44(51-46)35-17-7-9-19-37(35)56-45)30-22-25-34-39(26-30)55-38-20-11-18-36(42(34)38)49-53-47(29-14-5-2-6-15-29)52-48(54-49)31-23-24-33-32-16-8-10-21-40(32)57-41(33)27-31;1-3-4-2/h1-27H;3-4H,1-2H3/b;4-3-. The molecular formula is C53H35N5O2S. The predicted octanol–water partition coefficient (Wildman–Crippen LogP) is 14.7. The Balaban J connectivity index is 0.00000101. The van der Waals surface area contributed by atoms with Gasteiger partial charge in [0.2, 0.25) is 0 Å². The normalized spacial score (nSPS) is 11.7. The summed E-state index contributed by atoms with van der Waals surface area (Å²) < 4.78 is 15.5. The first kappa shape index (κ1) is 36.3. The van der Waals surface area contributed by atoms with Gasteiger partial charge in [0.05, 0.1) is 0 Å². The molecule has 0 amide bonds. The van der Waals surface area contributed by atoms with E-state index in [-0.39, 0.29) is 0 Å².